The van der Waals surface area contributed by atoms with E-state index in [9.17, 15) is 4.79 Å². The number of carbonyl (C=O) groups is 1. The van der Waals surface area contributed by atoms with Gasteiger partial charge in [-0.2, -0.15) is 0 Å². The van der Waals surface area contributed by atoms with E-state index in [4.69, 9.17) is 18.9 Å². The van der Waals surface area contributed by atoms with Gasteiger partial charge in [0.25, 0.3) is 0 Å². The lowest BCUT2D eigenvalue weighted by molar-refractivity contribution is 0.0719. The van der Waals surface area contributed by atoms with E-state index in [1.165, 1.54) is 0 Å². The lowest BCUT2D eigenvalue weighted by Gasteiger charge is -2.32. The molecule has 0 aromatic heterocycles. The molecule has 1 N–H and O–H groups in total. The third-order valence-electron chi connectivity index (χ3n) is 4.91. The summed E-state index contributed by atoms with van der Waals surface area (Å²) in [6.07, 6.45) is 0.0137. The van der Waals surface area contributed by atoms with Crippen molar-refractivity contribution >= 4 is 6.09 Å². The molecule has 3 aromatic rings. The maximum absolute atomic E-state index is 12.1. The number of para-hydroxylation sites is 2. The topological polar surface area (TPSA) is 66.0 Å². The molecule has 3 aromatic carbocycles. The molecule has 1 amide bonds. The fraction of sp³-hybridized carbons (Fsp3) is 0.208. The van der Waals surface area contributed by atoms with E-state index >= 15 is 0 Å². The highest BCUT2D eigenvalue weighted by Gasteiger charge is 2.31. The fourth-order valence-electron chi connectivity index (χ4n) is 3.31. The highest BCUT2D eigenvalue weighted by molar-refractivity contribution is 5.70. The summed E-state index contributed by atoms with van der Waals surface area (Å²) in [6.45, 7) is 2.52. The largest absolute Gasteiger partial charge is 0.479 e. The molecule has 6 heteroatoms. The quantitative estimate of drug-likeness (QED) is 0.606. The van der Waals surface area contributed by atoms with Gasteiger partial charge in [0.05, 0.1) is 0 Å². The Morgan fingerprint density at radius 3 is 2.47 bits per heavy atom. The standard InChI is InChI=1S/C24H23NO5/c1-24(18-9-4-2-5-10-18,30-21-14-8-13-20-22(21)28-17-27-20)15-16-25-23(26)29-19-11-6-3-7-12-19/h2-14H,15-17H2,1H3,(H,25,26)/t24-/m1/s1. The molecule has 0 saturated carbocycles. The Hall–Kier alpha value is -3.67. The van der Waals surface area contributed by atoms with Crippen LogP contribution >= 0.6 is 0 Å². The smallest absolute Gasteiger partial charge is 0.412 e. The van der Waals surface area contributed by atoms with E-state index in [-0.39, 0.29) is 6.79 Å². The minimum absolute atomic E-state index is 0.171. The van der Waals surface area contributed by atoms with Crippen LogP contribution in [0.5, 0.6) is 23.0 Å². The summed E-state index contributed by atoms with van der Waals surface area (Å²) < 4.78 is 22.8. The van der Waals surface area contributed by atoms with Crippen molar-refractivity contribution in [3.8, 4) is 23.0 Å². The average molecular weight is 405 g/mol. The molecule has 0 unspecified atom stereocenters. The number of ether oxygens (including phenoxy) is 4. The SMILES string of the molecule is C[C@](CCNC(=O)Oc1ccccc1)(Oc1cccc2c1OCO2)c1ccccc1. The van der Waals surface area contributed by atoms with Crippen LogP contribution in [-0.4, -0.2) is 19.4 Å². The number of nitrogens with one attached hydrogen (secondary N) is 1. The second-order valence-electron chi connectivity index (χ2n) is 7.07. The third kappa shape index (κ3) is 4.49. The van der Waals surface area contributed by atoms with Gasteiger partial charge >= 0.3 is 6.09 Å². The highest BCUT2D eigenvalue weighted by Crippen LogP contribution is 2.43. The molecule has 1 heterocycles. The molecule has 0 radical (unpaired) electrons. The first-order valence-corrected chi connectivity index (χ1v) is 9.78. The van der Waals surface area contributed by atoms with Gasteiger partial charge in [0, 0.05) is 13.0 Å². The number of rotatable bonds is 7. The van der Waals surface area contributed by atoms with Crippen LogP contribution in [0.3, 0.4) is 0 Å². The molecule has 0 bridgehead atoms. The number of amides is 1. The molecular formula is C24H23NO5. The van der Waals surface area contributed by atoms with E-state index in [0.29, 0.717) is 36.0 Å². The van der Waals surface area contributed by atoms with Crippen LogP contribution in [0, 0.1) is 0 Å². The summed E-state index contributed by atoms with van der Waals surface area (Å²) in [4.78, 5) is 12.1. The molecule has 4 rings (SSSR count). The summed E-state index contributed by atoms with van der Waals surface area (Å²) in [6, 6.07) is 24.4. The summed E-state index contributed by atoms with van der Waals surface area (Å²) in [7, 11) is 0. The lowest BCUT2D eigenvalue weighted by atomic mass is 9.92. The predicted octanol–water partition coefficient (Wildman–Crippen LogP) is 4.89. The van der Waals surface area contributed by atoms with E-state index in [2.05, 4.69) is 5.32 Å². The first-order valence-electron chi connectivity index (χ1n) is 9.78. The maximum Gasteiger partial charge on any atom is 0.412 e. The van der Waals surface area contributed by atoms with Crippen molar-refractivity contribution < 1.29 is 23.7 Å². The third-order valence-corrected chi connectivity index (χ3v) is 4.91. The normalized spacial score (nSPS) is 13.9. The molecule has 0 saturated heterocycles. The van der Waals surface area contributed by atoms with Crippen LogP contribution in [0.15, 0.2) is 78.9 Å². The summed E-state index contributed by atoms with van der Waals surface area (Å²) in [5.74, 6) is 2.35. The zero-order chi connectivity index (χ0) is 20.8. The molecule has 0 spiro atoms. The monoisotopic (exact) mass is 405 g/mol. The molecule has 1 atom stereocenters. The van der Waals surface area contributed by atoms with Gasteiger partial charge in [0.15, 0.2) is 11.5 Å². The molecule has 6 nitrogen and oxygen atoms in total. The molecule has 1 aliphatic rings. The van der Waals surface area contributed by atoms with Crippen molar-refractivity contribution in [2.45, 2.75) is 18.9 Å². The van der Waals surface area contributed by atoms with Crippen LogP contribution in [0.25, 0.3) is 0 Å². The second-order valence-corrected chi connectivity index (χ2v) is 7.07. The second kappa shape index (κ2) is 8.78. The zero-order valence-corrected chi connectivity index (χ0v) is 16.7. The number of hydrogen-bond acceptors (Lipinski definition) is 5. The van der Waals surface area contributed by atoms with Crippen molar-refractivity contribution in [2.75, 3.05) is 13.3 Å². The van der Waals surface area contributed by atoms with Gasteiger partial charge in [-0.15, -0.1) is 0 Å². The molecule has 0 fully saturated rings. The van der Waals surface area contributed by atoms with E-state index in [1.54, 1.807) is 12.1 Å². The Morgan fingerprint density at radius 1 is 0.967 bits per heavy atom. The summed E-state index contributed by atoms with van der Waals surface area (Å²) in [5, 5.41) is 2.80. The van der Waals surface area contributed by atoms with Crippen LogP contribution in [0.4, 0.5) is 4.79 Å². The summed E-state index contributed by atoms with van der Waals surface area (Å²) in [5.41, 5.74) is 0.280. The van der Waals surface area contributed by atoms with Crippen molar-refractivity contribution in [2.24, 2.45) is 0 Å². The summed E-state index contributed by atoms with van der Waals surface area (Å²) >= 11 is 0. The van der Waals surface area contributed by atoms with Gasteiger partial charge < -0.3 is 24.3 Å². The highest BCUT2D eigenvalue weighted by atomic mass is 16.7. The molecular weight excluding hydrogens is 382 g/mol. The van der Waals surface area contributed by atoms with E-state index in [0.717, 1.165) is 5.56 Å². The van der Waals surface area contributed by atoms with Crippen LogP contribution < -0.4 is 24.3 Å². The minimum Gasteiger partial charge on any atom is -0.479 e. The first-order chi connectivity index (χ1) is 14.6. The molecule has 1 aliphatic heterocycles. The van der Waals surface area contributed by atoms with Crippen LogP contribution in [0.1, 0.15) is 18.9 Å². The number of hydrogen-bond donors (Lipinski definition) is 1. The van der Waals surface area contributed by atoms with Gasteiger partial charge in [-0.1, -0.05) is 54.6 Å². The Labute approximate surface area is 175 Å². The molecule has 0 aliphatic carbocycles. The van der Waals surface area contributed by atoms with E-state index in [1.807, 2.05) is 73.7 Å². The fourth-order valence-corrected chi connectivity index (χ4v) is 3.31. The van der Waals surface area contributed by atoms with Crippen molar-refractivity contribution in [3.05, 3.63) is 84.4 Å². The van der Waals surface area contributed by atoms with Crippen molar-refractivity contribution in [1.29, 1.82) is 0 Å². The Kier molecular flexibility index (Phi) is 5.75. The number of benzene rings is 3. The Morgan fingerprint density at radius 2 is 1.70 bits per heavy atom. The maximum atomic E-state index is 12.1. The average Bonchev–Trinajstić information content (AvgIpc) is 3.25. The molecule has 30 heavy (non-hydrogen) atoms. The Bertz CT molecular complexity index is 993. The van der Waals surface area contributed by atoms with Crippen LogP contribution in [0.2, 0.25) is 0 Å². The van der Waals surface area contributed by atoms with E-state index < -0.39 is 11.7 Å². The number of carbonyl (C=O) groups excluding carboxylic acids is 1. The van der Waals surface area contributed by atoms with Gasteiger partial charge in [0.2, 0.25) is 12.5 Å². The van der Waals surface area contributed by atoms with Gasteiger partial charge in [-0.05, 0) is 36.8 Å². The number of fused-ring (bicyclic) bond motifs is 1. The minimum atomic E-state index is -0.706. The van der Waals surface area contributed by atoms with Crippen molar-refractivity contribution in [1.82, 2.24) is 5.32 Å². The Balaban J connectivity index is 1.46. The van der Waals surface area contributed by atoms with Gasteiger partial charge in [-0.3, -0.25) is 0 Å². The predicted molar refractivity (Wildman–Crippen MR) is 112 cm³/mol. The lowest BCUT2D eigenvalue weighted by Crippen LogP contribution is -2.36. The van der Waals surface area contributed by atoms with Gasteiger partial charge in [-0.25, -0.2) is 4.79 Å². The molecule has 154 valence electrons. The van der Waals surface area contributed by atoms with Gasteiger partial charge in [0.1, 0.15) is 11.4 Å². The zero-order valence-electron chi connectivity index (χ0n) is 16.7. The first kappa shape index (κ1) is 19.6. The van der Waals surface area contributed by atoms with Crippen molar-refractivity contribution in [3.63, 3.8) is 0 Å². The van der Waals surface area contributed by atoms with Crippen LogP contribution in [-0.2, 0) is 5.60 Å².